The van der Waals surface area contributed by atoms with Gasteiger partial charge in [0.15, 0.2) is 6.61 Å². The van der Waals surface area contributed by atoms with Crippen LogP contribution in [0.1, 0.15) is 16.8 Å². The molecule has 2 aromatic carbocycles. The summed E-state index contributed by atoms with van der Waals surface area (Å²) in [5.74, 6) is -1.72. The number of hydrogen-bond acceptors (Lipinski definition) is 5. The lowest BCUT2D eigenvalue weighted by atomic mass is 10.2. The fourth-order valence-electron chi connectivity index (χ4n) is 2.19. The van der Waals surface area contributed by atoms with Crippen LogP contribution in [0.3, 0.4) is 0 Å². The lowest BCUT2D eigenvalue weighted by Gasteiger charge is -2.22. The van der Waals surface area contributed by atoms with Gasteiger partial charge in [0.05, 0.1) is 16.3 Å². The van der Waals surface area contributed by atoms with Crippen LogP contribution < -0.4 is 16.4 Å². The molecule has 0 heterocycles. The summed E-state index contributed by atoms with van der Waals surface area (Å²) in [4.78, 5) is 36.9. The van der Waals surface area contributed by atoms with E-state index in [0.717, 1.165) is 0 Å². The molecule has 0 bridgehead atoms. The van der Waals surface area contributed by atoms with Gasteiger partial charge in [0.1, 0.15) is 0 Å². The van der Waals surface area contributed by atoms with Gasteiger partial charge in [-0.05, 0) is 30.3 Å². The summed E-state index contributed by atoms with van der Waals surface area (Å²) < 4.78 is 5.05. The van der Waals surface area contributed by atoms with Gasteiger partial charge in [-0.1, -0.05) is 29.8 Å². The number of benzene rings is 2. The summed E-state index contributed by atoms with van der Waals surface area (Å²) >= 11 is 5.81. The summed E-state index contributed by atoms with van der Waals surface area (Å²) in [6.07, 6.45) is -0.0116. The summed E-state index contributed by atoms with van der Waals surface area (Å²) in [6, 6.07) is 13.0. The van der Waals surface area contributed by atoms with Crippen LogP contribution in [0.4, 0.5) is 11.4 Å². The van der Waals surface area contributed by atoms with E-state index in [0.29, 0.717) is 10.7 Å². The molecule has 0 unspecified atom stereocenters. The van der Waals surface area contributed by atoms with Gasteiger partial charge in [0, 0.05) is 18.7 Å². The summed E-state index contributed by atoms with van der Waals surface area (Å²) in [7, 11) is 0. The number of primary amides is 1. The number of amides is 2. The van der Waals surface area contributed by atoms with Gasteiger partial charge in [-0.25, -0.2) is 4.79 Å². The average molecular weight is 376 g/mol. The van der Waals surface area contributed by atoms with Crippen molar-refractivity contribution in [3.8, 4) is 0 Å². The Balaban J connectivity index is 2.05. The zero-order valence-corrected chi connectivity index (χ0v) is 14.6. The van der Waals surface area contributed by atoms with Crippen LogP contribution >= 0.6 is 11.6 Å². The first-order valence-corrected chi connectivity index (χ1v) is 8.12. The minimum atomic E-state index is -0.704. The lowest BCUT2D eigenvalue weighted by molar-refractivity contribution is -0.121. The number of nitrogen functional groups attached to an aromatic ring is 1. The van der Waals surface area contributed by atoms with Crippen molar-refractivity contribution in [3.05, 3.63) is 59.1 Å². The number of ether oxygens (including phenoxy) is 1. The van der Waals surface area contributed by atoms with E-state index in [1.807, 2.05) is 0 Å². The number of anilines is 2. The Morgan fingerprint density at radius 2 is 1.77 bits per heavy atom. The number of para-hydroxylation sites is 1. The molecule has 0 aliphatic carbocycles. The fourth-order valence-corrected chi connectivity index (χ4v) is 2.30. The zero-order valence-electron chi connectivity index (χ0n) is 13.9. The maximum Gasteiger partial charge on any atom is 0.338 e. The molecule has 0 atom stereocenters. The van der Waals surface area contributed by atoms with E-state index in [-0.39, 0.29) is 24.2 Å². The maximum atomic E-state index is 12.5. The molecule has 0 radical (unpaired) electrons. The molecule has 8 heteroatoms. The summed E-state index contributed by atoms with van der Waals surface area (Å²) in [5, 5.41) is 0.319. The van der Waals surface area contributed by atoms with Crippen LogP contribution in [0, 0.1) is 0 Å². The van der Waals surface area contributed by atoms with Crippen LogP contribution in [0.5, 0.6) is 0 Å². The second-order valence-electron chi connectivity index (χ2n) is 5.41. The zero-order chi connectivity index (χ0) is 19.1. The number of carbonyl (C=O) groups excluding carboxylic acids is 3. The van der Waals surface area contributed by atoms with Gasteiger partial charge in [0.2, 0.25) is 5.91 Å². The summed E-state index contributed by atoms with van der Waals surface area (Å²) in [6.45, 7) is -0.404. The standard InChI is InChI=1S/C18H18ClN3O4/c19-14-7-6-12(10-15(14)20)18(25)26-11-17(24)22(9-8-16(21)23)13-4-2-1-3-5-13/h1-7,10H,8-9,11,20H2,(H2,21,23). The fraction of sp³-hybridized carbons (Fsp3) is 0.167. The Morgan fingerprint density at radius 1 is 1.08 bits per heavy atom. The largest absolute Gasteiger partial charge is 0.452 e. The highest BCUT2D eigenvalue weighted by atomic mass is 35.5. The van der Waals surface area contributed by atoms with Gasteiger partial charge in [-0.2, -0.15) is 0 Å². The monoisotopic (exact) mass is 375 g/mol. The Morgan fingerprint density at radius 3 is 2.38 bits per heavy atom. The Labute approximate surface area is 155 Å². The summed E-state index contributed by atoms with van der Waals surface area (Å²) in [5.41, 5.74) is 11.8. The van der Waals surface area contributed by atoms with E-state index in [9.17, 15) is 14.4 Å². The lowest BCUT2D eigenvalue weighted by Crippen LogP contribution is -2.37. The highest BCUT2D eigenvalue weighted by Gasteiger charge is 2.19. The highest BCUT2D eigenvalue weighted by molar-refractivity contribution is 6.33. The predicted molar refractivity (Wildman–Crippen MR) is 98.8 cm³/mol. The Kier molecular flexibility index (Phi) is 6.57. The SMILES string of the molecule is NC(=O)CCN(C(=O)COC(=O)c1ccc(Cl)c(N)c1)c1ccccc1. The molecule has 0 saturated carbocycles. The molecule has 0 aliphatic rings. The van der Waals surface area contributed by atoms with Crippen molar-refractivity contribution in [1.82, 2.24) is 0 Å². The van der Waals surface area contributed by atoms with Gasteiger partial charge in [-0.3, -0.25) is 9.59 Å². The molecule has 136 valence electrons. The number of halogens is 1. The van der Waals surface area contributed by atoms with E-state index < -0.39 is 24.4 Å². The van der Waals surface area contributed by atoms with Crippen LogP contribution in [0.2, 0.25) is 5.02 Å². The van der Waals surface area contributed by atoms with Crippen molar-refractivity contribution in [2.24, 2.45) is 5.73 Å². The van der Waals surface area contributed by atoms with E-state index in [1.54, 1.807) is 30.3 Å². The molecular formula is C18H18ClN3O4. The quantitative estimate of drug-likeness (QED) is 0.567. The molecule has 7 nitrogen and oxygen atoms in total. The number of esters is 1. The van der Waals surface area contributed by atoms with Gasteiger partial charge in [0.25, 0.3) is 5.91 Å². The van der Waals surface area contributed by atoms with Crippen LogP contribution in [0.25, 0.3) is 0 Å². The number of hydrogen-bond donors (Lipinski definition) is 2. The van der Waals surface area contributed by atoms with Crippen molar-refractivity contribution >= 4 is 40.8 Å². The second kappa shape index (κ2) is 8.87. The van der Waals surface area contributed by atoms with Crippen molar-refractivity contribution in [2.45, 2.75) is 6.42 Å². The first kappa shape index (κ1) is 19.3. The predicted octanol–water partition coefficient (Wildman–Crippen LogP) is 1.99. The number of carbonyl (C=O) groups is 3. The Hall–Kier alpha value is -3.06. The van der Waals surface area contributed by atoms with Gasteiger partial charge in [-0.15, -0.1) is 0 Å². The molecule has 2 amide bonds. The molecule has 2 aromatic rings. The highest BCUT2D eigenvalue weighted by Crippen LogP contribution is 2.20. The van der Waals surface area contributed by atoms with Crippen LogP contribution in [-0.4, -0.2) is 30.9 Å². The second-order valence-corrected chi connectivity index (χ2v) is 5.82. The number of rotatable bonds is 7. The van der Waals surface area contributed by atoms with Crippen molar-refractivity contribution in [1.29, 1.82) is 0 Å². The molecule has 0 aliphatic heterocycles. The van der Waals surface area contributed by atoms with Crippen molar-refractivity contribution in [3.63, 3.8) is 0 Å². The first-order valence-electron chi connectivity index (χ1n) is 7.74. The normalized spacial score (nSPS) is 10.2. The molecule has 26 heavy (non-hydrogen) atoms. The molecule has 2 rings (SSSR count). The smallest absolute Gasteiger partial charge is 0.338 e. The molecule has 4 N–H and O–H groups in total. The Bertz CT molecular complexity index is 811. The number of nitrogens with two attached hydrogens (primary N) is 2. The van der Waals surface area contributed by atoms with Crippen LogP contribution in [-0.2, 0) is 14.3 Å². The third-order valence-electron chi connectivity index (χ3n) is 3.51. The third kappa shape index (κ3) is 5.22. The minimum absolute atomic E-state index is 0.0116. The average Bonchev–Trinajstić information content (AvgIpc) is 2.62. The molecule has 0 fully saturated rings. The van der Waals surface area contributed by atoms with E-state index in [4.69, 9.17) is 27.8 Å². The first-order chi connectivity index (χ1) is 12.4. The van der Waals surface area contributed by atoms with Gasteiger partial charge >= 0.3 is 5.97 Å². The third-order valence-corrected chi connectivity index (χ3v) is 3.85. The molecular weight excluding hydrogens is 358 g/mol. The van der Waals surface area contributed by atoms with Crippen molar-refractivity contribution in [2.75, 3.05) is 23.8 Å². The molecule has 0 saturated heterocycles. The van der Waals surface area contributed by atoms with Crippen LogP contribution in [0.15, 0.2) is 48.5 Å². The van der Waals surface area contributed by atoms with Crippen molar-refractivity contribution < 1.29 is 19.1 Å². The van der Waals surface area contributed by atoms with E-state index in [2.05, 4.69) is 0 Å². The maximum absolute atomic E-state index is 12.5. The molecule has 0 aromatic heterocycles. The van der Waals surface area contributed by atoms with E-state index in [1.165, 1.54) is 23.1 Å². The topological polar surface area (TPSA) is 116 Å². The minimum Gasteiger partial charge on any atom is -0.452 e. The number of nitrogens with zero attached hydrogens (tertiary/aromatic N) is 1. The molecule has 0 spiro atoms. The van der Waals surface area contributed by atoms with Gasteiger partial charge < -0.3 is 21.1 Å². The van der Waals surface area contributed by atoms with E-state index >= 15 is 0 Å².